The SMILES string of the molecule is CCC1CCC(C#Cc2ccc(Cl)cc2)CC1. The maximum Gasteiger partial charge on any atom is 0.0406 e. The molecule has 0 nitrogen and oxygen atoms in total. The molecule has 0 aliphatic heterocycles. The first-order valence-corrected chi connectivity index (χ1v) is 6.93. The maximum absolute atomic E-state index is 5.84. The van der Waals surface area contributed by atoms with Crippen LogP contribution in [0.3, 0.4) is 0 Å². The lowest BCUT2D eigenvalue weighted by molar-refractivity contribution is 0.309. The van der Waals surface area contributed by atoms with Crippen molar-refractivity contribution in [1.82, 2.24) is 0 Å². The van der Waals surface area contributed by atoms with E-state index >= 15 is 0 Å². The van der Waals surface area contributed by atoms with Gasteiger partial charge >= 0.3 is 0 Å². The topological polar surface area (TPSA) is 0 Å². The van der Waals surface area contributed by atoms with Crippen molar-refractivity contribution in [3.8, 4) is 11.8 Å². The van der Waals surface area contributed by atoms with E-state index in [1.54, 1.807) is 0 Å². The van der Waals surface area contributed by atoms with Crippen molar-refractivity contribution in [1.29, 1.82) is 0 Å². The van der Waals surface area contributed by atoms with E-state index < -0.39 is 0 Å². The molecule has 0 amide bonds. The highest BCUT2D eigenvalue weighted by molar-refractivity contribution is 6.30. The van der Waals surface area contributed by atoms with Crippen molar-refractivity contribution < 1.29 is 0 Å². The maximum atomic E-state index is 5.84. The fourth-order valence-corrected chi connectivity index (χ4v) is 2.56. The van der Waals surface area contributed by atoms with Crippen molar-refractivity contribution in [3.05, 3.63) is 34.9 Å². The van der Waals surface area contributed by atoms with Gasteiger partial charge in [0.25, 0.3) is 0 Å². The van der Waals surface area contributed by atoms with E-state index in [1.807, 2.05) is 24.3 Å². The van der Waals surface area contributed by atoms with Crippen LogP contribution in [0.5, 0.6) is 0 Å². The Hall–Kier alpha value is -0.930. The Labute approximate surface area is 109 Å². The van der Waals surface area contributed by atoms with Crippen LogP contribution in [0.4, 0.5) is 0 Å². The second-order valence-corrected chi connectivity index (χ2v) is 5.34. The largest absolute Gasteiger partial charge is 0.0945 e. The quantitative estimate of drug-likeness (QED) is 0.618. The van der Waals surface area contributed by atoms with E-state index in [0.29, 0.717) is 5.92 Å². The monoisotopic (exact) mass is 246 g/mol. The van der Waals surface area contributed by atoms with Crippen LogP contribution in [0, 0.1) is 23.7 Å². The average Bonchev–Trinajstić information content (AvgIpc) is 2.39. The summed E-state index contributed by atoms with van der Waals surface area (Å²) in [6.45, 7) is 2.30. The second-order valence-electron chi connectivity index (χ2n) is 4.90. The Morgan fingerprint density at radius 1 is 1.12 bits per heavy atom. The molecule has 1 aromatic carbocycles. The first-order valence-electron chi connectivity index (χ1n) is 6.55. The van der Waals surface area contributed by atoms with E-state index in [2.05, 4.69) is 18.8 Å². The summed E-state index contributed by atoms with van der Waals surface area (Å²) in [6, 6.07) is 7.79. The minimum Gasteiger partial charge on any atom is -0.0945 e. The van der Waals surface area contributed by atoms with E-state index in [4.69, 9.17) is 11.6 Å². The fourth-order valence-electron chi connectivity index (χ4n) is 2.43. The van der Waals surface area contributed by atoms with Gasteiger partial charge in [0.1, 0.15) is 0 Å². The van der Waals surface area contributed by atoms with Crippen molar-refractivity contribution >= 4 is 11.6 Å². The van der Waals surface area contributed by atoms with E-state index in [-0.39, 0.29) is 0 Å². The van der Waals surface area contributed by atoms with Crippen molar-refractivity contribution in [2.45, 2.75) is 39.0 Å². The summed E-state index contributed by atoms with van der Waals surface area (Å²) in [5.74, 6) is 8.23. The molecule has 0 unspecified atom stereocenters. The van der Waals surface area contributed by atoms with Crippen molar-refractivity contribution in [2.24, 2.45) is 11.8 Å². The lowest BCUT2D eigenvalue weighted by Gasteiger charge is -2.24. The van der Waals surface area contributed by atoms with Gasteiger partial charge in [-0.1, -0.05) is 36.8 Å². The van der Waals surface area contributed by atoms with Crippen molar-refractivity contribution in [3.63, 3.8) is 0 Å². The van der Waals surface area contributed by atoms with Crippen LogP contribution >= 0.6 is 11.6 Å². The normalized spacial score (nSPS) is 23.9. The Bertz CT molecular complexity index is 399. The minimum absolute atomic E-state index is 0.605. The first kappa shape index (κ1) is 12.5. The van der Waals surface area contributed by atoms with Crippen LogP contribution < -0.4 is 0 Å². The van der Waals surface area contributed by atoms with Gasteiger partial charge in [-0.2, -0.15) is 0 Å². The standard InChI is InChI=1S/C16H19Cl/c1-2-13-3-5-14(6-4-13)7-8-15-9-11-16(17)12-10-15/h9-14H,2-6H2,1H3. The highest BCUT2D eigenvalue weighted by Crippen LogP contribution is 2.30. The predicted octanol–water partition coefficient (Wildman–Crippen LogP) is 4.91. The molecule has 1 fully saturated rings. The van der Waals surface area contributed by atoms with Crippen LogP contribution in [-0.2, 0) is 0 Å². The second kappa shape index (κ2) is 6.12. The van der Waals surface area contributed by atoms with Gasteiger partial charge in [-0.15, -0.1) is 0 Å². The van der Waals surface area contributed by atoms with Gasteiger partial charge in [0.05, 0.1) is 0 Å². The summed E-state index contributed by atoms with van der Waals surface area (Å²) in [4.78, 5) is 0. The molecule has 90 valence electrons. The van der Waals surface area contributed by atoms with Gasteiger partial charge < -0.3 is 0 Å². The van der Waals surface area contributed by atoms with Gasteiger partial charge in [0, 0.05) is 16.5 Å². The van der Waals surface area contributed by atoms with Gasteiger partial charge in [-0.25, -0.2) is 0 Å². The number of benzene rings is 1. The highest BCUT2D eigenvalue weighted by atomic mass is 35.5. The van der Waals surface area contributed by atoms with Crippen LogP contribution in [0.2, 0.25) is 5.02 Å². The summed E-state index contributed by atoms with van der Waals surface area (Å²) >= 11 is 5.84. The molecule has 0 atom stereocenters. The van der Waals surface area contributed by atoms with Crippen LogP contribution in [0.15, 0.2) is 24.3 Å². The molecular formula is C16H19Cl. The molecule has 0 N–H and O–H groups in total. The predicted molar refractivity (Wildman–Crippen MR) is 74.1 cm³/mol. The molecule has 0 spiro atoms. The molecule has 1 saturated carbocycles. The molecule has 1 aliphatic carbocycles. The molecule has 1 heteroatoms. The van der Waals surface area contributed by atoms with Crippen LogP contribution in [0.1, 0.15) is 44.6 Å². The summed E-state index contributed by atoms with van der Waals surface area (Å²) < 4.78 is 0. The molecular weight excluding hydrogens is 228 g/mol. The Kier molecular flexibility index (Phi) is 4.51. The average molecular weight is 247 g/mol. The molecule has 0 heterocycles. The third kappa shape index (κ3) is 3.79. The molecule has 17 heavy (non-hydrogen) atoms. The Morgan fingerprint density at radius 2 is 1.76 bits per heavy atom. The van der Waals surface area contributed by atoms with Gasteiger partial charge in [0.2, 0.25) is 0 Å². The highest BCUT2D eigenvalue weighted by Gasteiger charge is 2.17. The number of hydrogen-bond acceptors (Lipinski definition) is 0. The lowest BCUT2D eigenvalue weighted by Crippen LogP contribution is -2.12. The minimum atomic E-state index is 0.605. The molecule has 0 aromatic heterocycles. The summed E-state index contributed by atoms with van der Waals surface area (Å²) in [5.41, 5.74) is 1.08. The Balaban J connectivity index is 1.92. The number of hydrogen-bond donors (Lipinski definition) is 0. The van der Waals surface area contributed by atoms with Gasteiger partial charge in [0.15, 0.2) is 0 Å². The summed E-state index contributed by atoms with van der Waals surface area (Å²) in [5, 5.41) is 0.777. The smallest absolute Gasteiger partial charge is 0.0406 e. The molecule has 1 aromatic rings. The molecule has 2 rings (SSSR count). The van der Waals surface area contributed by atoms with Gasteiger partial charge in [-0.05, 0) is 55.9 Å². The first-order chi connectivity index (χ1) is 8.28. The zero-order chi connectivity index (χ0) is 12.1. The number of halogens is 1. The summed E-state index contributed by atoms with van der Waals surface area (Å²) in [7, 11) is 0. The van der Waals surface area contributed by atoms with E-state index in [1.165, 1.54) is 32.1 Å². The Morgan fingerprint density at radius 3 is 2.35 bits per heavy atom. The van der Waals surface area contributed by atoms with Crippen molar-refractivity contribution in [2.75, 3.05) is 0 Å². The third-order valence-electron chi connectivity index (χ3n) is 3.69. The molecule has 0 bridgehead atoms. The van der Waals surface area contributed by atoms with Gasteiger partial charge in [-0.3, -0.25) is 0 Å². The van der Waals surface area contributed by atoms with E-state index in [0.717, 1.165) is 16.5 Å². The molecule has 1 aliphatic rings. The third-order valence-corrected chi connectivity index (χ3v) is 3.94. The zero-order valence-corrected chi connectivity index (χ0v) is 11.1. The molecule has 0 saturated heterocycles. The van der Waals surface area contributed by atoms with Crippen LogP contribution in [0.25, 0.3) is 0 Å². The van der Waals surface area contributed by atoms with Crippen LogP contribution in [-0.4, -0.2) is 0 Å². The number of rotatable bonds is 1. The fraction of sp³-hybridized carbons (Fsp3) is 0.500. The summed E-state index contributed by atoms with van der Waals surface area (Å²) in [6.07, 6.45) is 6.60. The molecule has 0 radical (unpaired) electrons. The zero-order valence-electron chi connectivity index (χ0n) is 10.4. The lowest BCUT2D eigenvalue weighted by atomic mass is 9.81. The van der Waals surface area contributed by atoms with E-state index in [9.17, 15) is 0 Å².